The number of methoxy groups -OCH3 is 1. The first-order valence-corrected chi connectivity index (χ1v) is 9.39. The molecule has 1 heterocycles. The molecule has 0 spiro atoms. The van der Waals surface area contributed by atoms with Crippen molar-refractivity contribution in [2.45, 2.75) is 12.6 Å². The summed E-state index contributed by atoms with van der Waals surface area (Å²) in [6.07, 6.45) is 3.40. The third-order valence-corrected chi connectivity index (χ3v) is 4.66. The molecule has 156 valence electrons. The first-order valence-electron chi connectivity index (χ1n) is 9.39. The van der Waals surface area contributed by atoms with Gasteiger partial charge < -0.3 is 29.4 Å². The van der Waals surface area contributed by atoms with Crippen LogP contribution in [-0.2, 0) is 18.4 Å². The smallest absolute Gasteiger partial charge is 0.548 e. The van der Waals surface area contributed by atoms with Crippen LogP contribution in [0.2, 0.25) is 0 Å². The number of para-hydroxylation sites is 1. The summed E-state index contributed by atoms with van der Waals surface area (Å²) in [5, 5.41) is 14.2. The van der Waals surface area contributed by atoms with Gasteiger partial charge in [-0.1, -0.05) is 48.5 Å². The van der Waals surface area contributed by atoms with Crippen LogP contribution in [0.4, 0.5) is 4.79 Å². The monoisotopic (exact) mass is 446 g/mol. The quantitative estimate of drug-likeness (QED) is 0.424. The van der Waals surface area contributed by atoms with Crippen molar-refractivity contribution in [3.63, 3.8) is 0 Å². The Balaban J connectivity index is 0.00000341. The predicted molar refractivity (Wildman–Crippen MR) is 108 cm³/mol. The van der Waals surface area contributed by atoms with Gasteiger partial charge in [0.05, 0.1) is 19.6 Å². The molecule has 0 saturated heterocycles. The first kappa shape index (κ1) is 25.1. The molecule has 2 amide bonds. The van der Waals surface area contributed by atoms with Gasteiger partial charge in [0.15, 0.2) is 0 Å². The van der Waals surface area contributed by atoms with Gasteiger partial charge in [0.2, 0.25) is 0 Å². The number of carboxylic acids is 1. The van der Waals surface area contributed by atoms with Crippen molar-refractivity contribution in [2.75, 3.05) is 13.7 Å². The summed E-state index contributed by atoms with van der Waals surface area (Å²) in [4.78, 5) is 30.0. The Morgan fingerprint density at radius 3 is 2.45 bits per heavy atom. The molecule has 1 aromatic heterocycles. The summed E-state index contributed by atoms with van der Waals surface area (Å²) in [5.41, 5.74) is 1.51. The van der Waals surface area contributed by atoms with Gasteiger partial charge in [0.1, 0.15) is 17.6 Å². The van der Waals surface area contributed by atoms with Crippen molar-refractivity contribution in [2.24, 2.45) is 7.05 Å². The van der Waals surface area contributed by atoms with E-state index in [-0.39, 0.29) is 57.9 Å². The maximum atomic E-state index is 13.1. The minimum absolute atomic E-state index is 0. The van der Waals surface area contributed by atoms with Gasteiger partial charge >= 0.3 is 57.4 Å². The van der Waals surface area contributed by atoms with Crippen LogP contribution in [0.25, 0.3) is 0 Å². The van der Waals surface area contributed by atoms with Crippen molar-refractivity contribution in [1.29, 1.82) is 0 Å². The molecular formula is C22H23KN4O4. The topological polar surface area (TPSA) is 99.5 Å². The predicted octanol–water partition coefficient (Wildman–Crippen LogP) is -1.52. The zero-order chi connectivity index (χ0) is 21.5. The van der Waals surface area contributed by atoms with E-state index in [0.29, 0.717) is 17.1 Å². The number of aromatic nitrogens is 2. The molecule has 1 unspecified atom stereocenters. The molecule has 31 heavy (non-hydrogen) atoms. The van der Waals surface area contributed by atoms with Crippen LogP contribution in [-0.4, -0.2) is 40.1 Å². The molecule has 3 aromatic rings. The zero-order valence-corrected chi connectivity index (χ0v) is 20.9. The number of carbonyl (C=O) groups excluding carboxylic acids is 2. The van der Waals surface area contributed by atoms with E-state index >= 15 is 0 Å². The zero-order valence-electron chi connectivity index (χ0n) is 17.8. The number of ether oxygens (including phenoxy) is 1. The minimum atomic E-state index is -1.34. The standard InChI is InChI=1S/C22H24N4O4.K/c1-25-13-12-23-21(25)20(17-10-6-7-11-18(17)30-2)24-22(29)26(15-19(27)28)14-16-8-4-3-5-9-16;/h3-13,20H,14-15H2,1-2H3,(H,24,29)(H,27,28);/q;+1/p-1. The molecule has 0 aliphatic rings. The Hall–Kier alpha value is -2.17. The number of rotatable bonds is 8. The fraction of sp³-hybridized carbons (Fsp3) is 0.227. The second-order valence-corrected chi connectivity index (χ2v) is 6.73. The molecule has 0 aliphatic carbocycles. The molecule has 3 rings (SSSR count). The van der Waals surface area contributed by atoms with Crippen LogP contribution in [0, 0.1) is 0 Å². The van der Waals surface area contributed by atoms with Crippen LogP contribution in [0.3, 0.4) is 0 Å². The fourth-order valence-electron chi connectivity index (χ4n) is 3.22. The number of aliphatic carboxylic acids is 1. The number of aryl methyl sites for hydroxylation is 1. The second-order valence-electron chi connectivity index (χ2n) is 6.73. The third kappa shape index (κ3) is 6.65. The van der Waals surface area contributed by atoms with E-state index in [4.69, 9.17) is 4.74 Å². The van der Waals surface area contributed by atoms with E-state index in [1.807, 2.05) is 55.6 Å². The van der Waals surface area contributed by atoms with Gasteiger partial charge in [-0.25, -0.2) is 9.78 Å². The average molecular weight is 447 g/mol. The Labute approximate surface area is 223 Å². The van der Waals surface area contributed by atoms with Crippen molar-refractivity contribution in [1.82, 2.24) is 19.8 Å². The van der Waals surface area contributed by atoms with Crippen molar-refractivity contribution >= 4 is 12.0 Å². The number of hydrogen-bond acceptors (Lipinski definition) is 5. The molecule has 1 atom stereocenters. The second kappa shape index (κ2) is 12.0. The van der Waals surface area contributed by atoms with Crippen molar-refractivity contribution in [3.05, 3.63) is 83.9 Å². The summed E-state index contributed by atoms with van der Waals surface area (Å²) < 4.78 is 7.25. The Bertz CT molecular complexity index is 1010. The summed E-state index contributed by atoms with van der Waals surface area (Å²) >= 11 is 0. The SMILES string of the molecule is COc1ccccc1C(NC(=O)N(CC(=O)[O-])Cc1ccccc1)c1nccn1C.[K+]. The average Bonchev–Trinajstić information content (AvgIpc) is 3.17. The number of carboxylic acid groups (broad SMARTS) is 1. The number of benzene rings is 2. The molecule has 8 nitrogen and oxygen atoms in total. The summed E-state index contributed by atoms with van der Waals surface area (Å²) in [6, 6.07) is 15.3. The van der Waals surface area contributed by atoms with Crippen LogP contribution >= 0.6 is 0 Å². The van der Waals surface area contributed by atoms with E-state index in [1.54, 1.807) is 30.1 Å². The Morgan fingerprint density at radius 2 is 1.84 bits per heavy atom. The maximum Gasteiger partial charge on any atom is 1.00 e. The van der Waals surface area contributed by atoms with Crippen LogP contribution in [0.1, 0.15) is 23.0 Å². The van der Waals surface area contributed by atoms with Gasteiger partial charge in [0, 0.05) is 31.5 Å². The number of urea groups is 1. The molecule has 1 N–H and O–H groups in total. The molecule has 2 aromatic carbocycles. The maximum absolute atomic E-state index is 13.1. The summed E-state index contributed by atoms with van der Waals surface area (Å²) in [6.45, 7) is -0.417. The fourth-order valence-corrected chi connectivity index (χ4v) is 3.22. The number of nitrogens with one attached hydrogen (secondary N) is 1. The molecule has 0 saturated carbocycles. The Morgan fingerprint density at radius 1 is 1.16 bits per heavy atom. The van der Waals surface area contributed by atoms with Gasteiger partial charge in [-0.15, -0.1) is 0 Å². The van der Waals surface area contributed by atoms with Crippen LogP contribution < -0.4 is 66.5 Å². The number of nitrogens with zero attached hydrogens (tertiary/aromatic N) is 3. The summed E-state index contributed by atoms with van der Waals surface area (Å²) in [5.74, 6) is -0.173. The van der Waals surface area contributed by atoms with E-state index in [2.05, 4.69) is 10.3 Å². The molecule has 0 fully saturated rings. The normalized spacial score (nSPS) is 11.2. The number of hydrogen-bond donors (Lipinski definition) is 1. The number of imidazole rings is 1. The molecule has 0 bridgehead atoms. The van der Waals surface area contributed by atoms with E-state index in [9.17, 15) is 14.7 Å². The molecule has 0 radical (unpaired) electrons. The molecule has 9 heteroatoms. The van der Waals surface area contributed by atoms with Crippen molar-refractivity contribution < 1.29 is 70.8 Å². The minimum Gasteiger partial charge on any atom is -0.548 e. The Kier molecular flexibility index (Phi) is 9.72. The van der Waals surface area contributed by atoms with E-state index < -0.39 is 24.6 Å². The first-order chi connectivity index (χ1) is 14.5. The third-order valence-electron chi connectivity index (χ3n) is 4.66. The van der Waals surface area contributed by atoms with E-state index in [1.165, 1.54) is 4.90 Å². The number of carbonyl (C=O) groups is 2. The molecule has 0 aliphatic heterocycles. The number of amides is 2. The van der Waals surface area contributed by atoms with Gasteiger partial charge in [-0.05, 0) is 11.6 Å². The summed E-state index contributed by atoms with van der Waals surface area (Å²) in [7, 11) is 3.37. The van der Waals surface area contributed by atoms with Crippen LogP contribution in [0.5, 0.6) is 5.75 Å². The van der Waals surface area contributed by atoms with E-state index in [0.717, 1.165) is 5.56 Å². The van der Waals surface area contributed by atoms with Gasteiger partial charge in [-0.3, -0.25) is 0 Å². The van der Waals surface area contributed by atoms with Crippen LogP contribution in [0.15, 0.2) is 67.0 Å². The van der Waals surface area contributed by atoms with Gasteiger partial charge in [-0.2, -0.15) is 0 Å². The van der Waals surface area contributed by atoms with Gasteiger partial charge in [0.25, 0.3) is 0 Å². The largest absolute Gasteiger partial charge is 1.00 e. The molecular weight excluding hydrogens is 423 g/mol. The van der Waals surface area contributed by atoms with Crippen molar-refractivity contribution in [3.8, 4) is 5.75 Å².